The molecule has 1 rings (SSSR count). The van der Waals surface area contributed by atoms with E-state index < -0.39 is 0 Å². The second-order valence-electron chi connectivity index (χ2n) is 4.33. The van der Waals surface area contributed by atoms with E-state index in [0.717, 1.165) is 24.7 Å². The van der Waals surface area contributed by atoms with Crippen LogP contribution in [0.2, 0.25) is 0 Å². The van der Waals surface area contributed by atoms with Crippen molar-refractivity contribution in [3.05, 3.63) is 16.1 Å². The van der Waals surface area contributed by atoms with Crippen molar-refractivity contribution in [3.63, 3.8) is 0 Å². The van der Waals surface area contributed by atoms with Gasteiger partial charge in [0.25, 0.3) is 0 Å². The minimum Gasteiger partial charge on any atom is -0.357 e. The summed E-state index contributed by atoms with van der Waals surface area (Å²) in [5.41, 5.74) is 2.95. The van der Waals surface area contributed by atoms with Crippen LogP contribution >= 0.6 is 11.3 Å². The maximum Gasteiger partial charge on any atom is 0.191 e. The van der Waals surface area contributed by atoms with Gasteiger partial charge in [0, 0.05) is 18.0 Å². The summed E-state index contributed by atoms with van der Waals surface area (Å²) in [6.07, 6.45) is 0. The Morgan fingerprint density at radius 2 is 2.24 bits per heavy atom. The third-order valence-corrected chi connectivity index (χ3v) is 3.17. The quantitative estimate of drug-likeness (QED) is 0.625. The fraction of sp³-hybridized carbons (Fsp3) is 0.667. The van der Waals surface area contributed by atoms with Gasteiger partial charge in [0.05, 0.1) is 17.7 Å². The summed E-state index contributed by atoms with van der Waals surface area (Å²) in [6.45, 7) is 11.0. The van der Waals surface area contributed by atoms with Gasteiger partial charge in [-0.25, -0.2) is 9.98 Å². The average Bonchev–Trinajstić information content (AvgIpc) is 2.68. The zero-order chi connectivity index (χ0) is 12.7. The van der Waals surface area contributed by atoms with Gasteiger partial charge in [-0.15, -0.1) is 11.3 Å². The van der Waals surface area contributed by atoms with Crippen molar-refractivity contribution in [2.24, 2.45) is 10.9 Å². The molecule has 0 unspecified atom stereocenters. The molecule has 0 spiro atoms. The number of thiazole rings is 1. The lowest BCUT2D eigenvalue weighted by molar-refractivity contribution is 0.615. The lowest BCUT2D eigenvalue weighted by atomic mass is 10.2. The Morgan fingerprint density at radius 3 is 2.76 bits per heavy atom. The van der Waals surface area contributed by atoms with Crippen LogP contribution in [-0.2, 0) is 6.54 Å². The van der Waals surface area contributed by atoms with Gasteiger partial charge in [0.2, 0.25) is 0 Å². The molecule has 1 heterocycles. The predicted molar refractivity (Wildman–Crippen MR) is 74.5 cm³/mol. The Hall–Kier alpha value is -1.10. The molecule has 17 heavy (non-hydrogen) atoms. The molecule has 0 atom stereocenters. The summed E-state index contributed by atoms with van der Waals surface area (Å²) < 4.78 is 0. The lowest BCUT2D eigenvalue weighted by Gasteiger charge is -2.12. The first-order chi connectivity index (χ1) is 8.13. The Labute approximate surface area is 108 Å². The highest BCUT2D eigenvalue weighted by Gasteiger charge is 2.02. The SMILES string of the molecule is CCNC(=NCc1scnc1C)NCC(C)C. The van der Waals surface area contributed by atoms with Crippen LogP contribution in [0.25, 0.3) is 0 Å². The highest BCUT2D eigenvalue weighted by Crippen LogP contribution is 2.12. The van der Waals surface area contributed by atoms with E-state index in [9.17, 15) is 0 Å². The van der Waals surface area contributed by atoms with Crippen LogP contribution in [0.4, 0.5) is 0 Å². The summed E-state index contributed by atoms with van der Waals surface area (Å²) in [7, 11) is 0. The van der Waals surface area contributed by atoms with Gasteiger partial charge < -0.3 is 10.6 Å². The standard InChI is InChI=1S/C12H22N4S/c1-5-13-12(14-6-9(2)3)15-7-11-10(4)16-8-17-11/h8-9H,5-7H2,1-4H3,(H2,13,14,15). The van der Waals surface area contributed by atoms with E-state index in [0.29, 0.717) is 12.5 Å². The largest absolute Gasteiger partial charge is 0.357 e. The summed E-state index contributed by atoms with van der Waals surface area (Å²) >= 11 is 1.66. The number of aliphatic imine (C=N–C) groups is 1. The molecule has 4 nitrogen and oxygen atoms in total. The molecular formula is C12H22N4S. The zero-order valence-corrected chi connectivity index (χ0v) is 11.9. The average molecular weight is 254 g/mol. The topological polar surface area (TPSA) is 49.3 Å². The Morgan fingerprint density at radius 1 is 1.47 bits per heavy atom. The molecule has 0 aliphatic carbocycles. The molecule has 1 aromatic heterocycles. The molecule has 96 valence electrons. The molecule has 2 N–H and O–H groups in total. The molecule has 0 amide bonds. The third-order valence-electron chi connectivity index (χ3n) is 2.25. The van der Waals surface area contributed by atoms with Gasteiger partial charge in [-0.1, -0.05) is 13.8 Å². The van der Waals surface area contributed by atoms with Crippen molar-refractivity contribution < 1.29 is 0 Å². The number of aryl methyl sites for hydroxylation is 1. The lowest BCUT2D eigenvalue weighted by Crippen LogP contribution is -2.39. The van der Waals surface area contributed by atoms with Gasteiger partial charge in [0.1, 0.15) is 0 Å². The van der Waals surface area contributed by atoms with Gasteiger partial charge in [0.15, 0.2) is 5.96 Å². The Balaban J connectivity index is 2.54. The Kier molecular flexibility index (Phi) is 5.97. The van der Waals surface area contributed by atoms with Crippen LogP contribution in [0.5, 0.6) is 0 Å². The van der Waals surface area contributed by atoms with E-state index >= 15 is 0 Å². The van der Waals surface area contributed by atoms with Gasteiger partial charge in [-0.2, -0.15) is 0 Å². The molecule has 0 aromatic carbocycles. The third kappa shape index (κ3) is 5.17. The van der Waals surface area contributed by atoms with Crippen LogP contribution in [0.15, 0.2) is 10.5 Å². The fourth-order valence-corrected chi connectivity index (χ4v) is 1.97. The molecule has 0 saturated heterocycles. The van der Waals surface area contributed by atoms with Gasteiger partial charge >= 0.3 is 0 Å². The molecule has 0 fully saturated rings. The summed E-state index contributed by atoms with van der Waals surface area (Å²) in [5.74, 6) is 1.50. The van der Waals surface area contributed by atoms with Crippen LogP contribution in [-0.4, -0.2) is 24.0 Å². The maximum atomic E-state index is 4.55. The normalized spacial score (nSPS) is 11.9. The molecular weight excluding hydrogens is 232 g/mol. The monoisotopic (exact) mass is 254 g/mol. The van der Waals surface area contributed by atoms with E-state index in [-0.39, 0.29) is 0 Å². The summed E-state index contributed by atoms with van der Waals surface area (Å²) in [5, 5.41) is 6.57. The second kappa shape index (κ2) is 7.27. The molecule has 1 aromatic rings. The van der Waals surface area contributed by atoms with E-state index in [1.807, 2.05) is 12.4 Å². The van der Waals surface area contributed by atoms with Crippen molar-refractivity contribution in [1.29, 1.82) is 0 Å². The van der Waals surface area contributed by atoms with Crippen molar-refractivity contribution in [2.45, 2.75) is 34.2 Å². The highest BCUT2D eigenvalue weighted by molar-refractivity contribution is 7.09. The number of hydrogen-bond acceptors (Lipinski definition) is 3. The summed E-state index contributed by atoms with van der Waals surface area (Å²) in [4.78, 5) is 10.0. The maximum absolute atomic E-state index is 4.55. The molecule has 0 saturated carbocycles. The number of aromatic nitrogens is 1. The van der Waals surface area contributed by atoms with Crippen molar-refractivity contribution in [1.82, 2.24) is 15.6 Å². The second-order valence-corrected chi connectivity index (χ2v) is 5.27. The van der Waals surface area contributed by atoms with E-state index in [1.165, 1.54) is 4.88 Å². The first-order valence-electron chi connectivity index (χ1n) is 6.04. The first kappa shape index (κ1) is 14.0. The van der Waals surface area contributed by atoms with Crippen LogP contribution in [0.1, 0.15) is 31.3 Å². The predicted octanol–water partition coefficient (Wildman–Crippen LogP) is 2.16. The first-order valence-corrected chi connectivity index (χ1v) is 6.92. The minimum atomic E-state index is 0.615. The minimum absolute atomic E-state index is 0.615. The number of rotatable bonds is 5. The van der Waals surface area contributed by atoms with Gasteiger partial charge in [-0.05, 0) is 19.8 Å². The summed E-state index contributed by atoms with van der Waals surface area (Å²) in [6, 6.07) is 0. The number of nitrogens with zero attached hydrogens (tertiary/aromatic N) is 2. The van der Waals surface area contributed by atoms with Gasteiger partial charge in [-0.3, -0.25) is 0 Å². The Bertz CT molecular complexity index is 357. The number of nitrogens with one attached hydrogen (secondary N) is 2. The van der Waals surface area contributed by atoms with Crippen LogP contribution in [0, 0.1) is 12.8 Å². The number of hydrogen-bond donors (Lipinski definition) is 2. The van der Waals surface area contributed by atoms with Crippen LogP contribution < -0.4 is 10.6 Å². The van der Waals surface area contributed by atoms with Crippen molar-refractivity contribution in [2.75, 3.05) is 13.1 Å². The van der Waals surface area contributed by atoms with Crippen molar-refractivity contribution in [3.8, 4) is 0 Å². The number of guanidine groups is 1. The van der Waals surface area contributed by atoms with E-state index in [1.54, 1.807) is 11.3 Å². The smallest absolute Gasteiger partial charge is 0.191 e. The molecule has 0 aliphatic rings. The highest BCUT2D eigenvalue weighted by atomic mass is 32.1. The molecule has 0 radical (unpaired) electrons. The molecule has 0 aliphatic heterocycles. The fourth-order valence-electron chi connectivity index (χ4n) is 1.27. The van der Waals surface area contributed by atoms with Crippen molar-refractivity contribution >= 4 is 17.3 Å². The molecule has 0 bridgehead atoms. The molecule has 5 heteroatoms. The van der Waals surface area contributed by atoms with E-state index in [4.69, 9.17) is 0 Å². The van der Waals surface area contributed by atoms with Crippen LogP contribution in [0.3, 0.4) is 0 Å². The van der Waals surface area contributed by atoms with E-state index in [2.05, 4.69) is 41.4 Å². The zero-order valence-electron chi connectivity index (χ0n) is 11.1.